The van der Waals surface area contributed by atoms with E-state index in [1.54, 1.807) is 0 Å². The number of fused-ring (bicyclic) bond motifs is 2. The van der Waals surface area contributed by atoms with Crippen LogP contribution < -0.4 is 10.6 Å². The maximum atomic E-state index is 12.3. The van der Waals surface area contributed by atoms with Crippen molar-refractivity contribution in [1.29, 1.82) is 0 Å². The molecule has 134 valence electrons. The number of hydrogen-bond donors (Lipinski definition) is 4. The minimum atomic E-state index is -0.137. The summed E-state index contributed by atoms with van der Waals surface area (Å²) >= 11 is 0. The zero-order valence-corrected chi connectivity index (χ0v) is 15.1. The standard InChI is InChI=1S/C16H18N6O.2ClH/c23-16(15-10-9-17-7-5-11(10)21-22-15)18-8-6-14-19-12-3-1-2-4-13(12)20-14;;/h1-4,17H,5-9H2,(H,18,23)(H,19,20)(H,21,22);2*1H. The summed E-state index contributed by atoms with van der Waals surface area (Å²) in [5.74, 6) is 0.736. The van der Waals surface area contributed by atoms with E-state index in [-0.39, 0.29) is 30.7 Å². The lowest BCUT2D eigenvalue weighted by molar-refractivity contribution is 0.0948. The van der Waals surface area contributed by atoms with Crippen LogP contribution in [0.25, 0.3) is 11.0 Å². The summed E-state index contributed by atoms with van der Waals surface area (Å²) in [6.45, 7) is 2.13. The third-order valence-corrected chi connectivity index (χ3v) is 4.11. The first kappa shape index (κ1) is 19.2. The molecule has 3 aromatic rings. The van der Waals surface area contributed by atoms with E-state index in [0.29, 0.717) is 25.2 Å². The fraction of sp³-hybridized carbons (Fsp3) is 0.312. The van der Waals surface area contributed by atoms with Crippen molar-refractivity contribution in [3.63, 3.8) is 0 Å². The maximum Gasteiger partial charge on any atom is 0.272 e. The Labute approximate surface area is 157 Å². The zero-order chi connectivity index (χ0) is 15.6. The van der Waals surface area contributed by atoms with Gasteiger partial charge < -0.3 is 15.6 Å². The molecular weight excluding hydrogens is 363 g/mol. The van der Waals surface area contributed by atoms with Gasteiger partial charge in [-0.25, -0.2) is 4.98 Å². The zero-order valence-electron chi connectivity index (χ0n) is 13.5. The number of rotatable bonds is 4. The Hall–Kier alpha value is -2.09. The van der Waals surface area contributed by atoms with Gasteiger partial charge in [-0.2, -0.15) is 5.10 Å². The van der Waals surface area contributed by atoms with Crippen molar-refractivity contribution in [3.05, 3.63) is 47.0 Å². The first-order chi connectivity index (χ1) is 11.3. The van der Waals surface area contributed by atoms with Crippen LogP contribution in [0.5, 0.6) is 0 Å². The second-order valence-electron chi connectivity index (χ2n) is 5.66. The van der Waals surface area contributed by atoms with Gasteiger partial charge in [0.25, 0.3) is 5.91 Å². The van der Waals surface area contributed by atoms with Crippen molar-refractivity contribution < 1.29 is 4.79 Å². The number of hydrogen-bond acceptors (Lipinski definition) is 4. The number of aromatic nitrogens is 4. The summed E-state index contributed by atoms with van der Waals surface area (Å²) in [5, 5.41) is 13.3. The van der Waals surface area contributed by atoms with Gasteiger partial charge >= 0.3 is 0 Å². The summed E-state index contributed by atoms with van der Waals surface area (Å²) in [6, 6.07) is 7.90. The molecule has 0 atom stereocenters. The van der Waals surface area contributed by atoms with Gasteiger partial charge in [-0.3, -0.25) is 9.89 Å². The van der Waals surface area contributed by atoms with Gasteiger partial charge in [0.05, 0.1) is 11.0 Å². The van der Waals surface area contributed by atoms with E-state index in [1.165, 1.54) is 0 Å². The number of imidazole rings is 1. The number of amides is 1. The molecule has 1 amide bonds. The van der Waals surface area contributed by atoms with Gasteiger partial charge in [-0.05, 0) is 12.1 Å². The molecule has 2 aromatic heterocycles. The quantitative estimate of drug-likeness (QED) is 0.552. The Morgan fingerprint density at radius 2 is 2.08 bits per heavy atom. The Morgan fingerprint density at radius 1 is 1.24 bits per heavy atom. The van der Waals surface area contributed by atoms with Crippen molar-refractivity contribution in [1.82, 2.24) is 30.8 Å². The minimum Gasteiger partial charge on any atom is -0.350 e. The van der Waals surface area contributed by atoms with Crippen LogP contribution in [0.1, 0.15) is 27.6 Å². The Balaban J connectivity index is 0.00000113. The number of carbonyl (C=O) groups is 1. The molecule has 3 heterocycles. The van der Waals surface area contributed by atoms with E-state index >= 15 is 0 Å². The second-order valence-corrected chi connectivity index (χ2v) is 5.66. The fourth-order valence-corrected chi connectivity index (χ4v) is 2.92. The van der Waals surface area contributed by atoms with E-state index in [1.807, 2.05) is 24.3 Å². The van der Waals surface area contributed by atoms with Gasteiger partial charge in [-0.1, -0.05) is 12.1 Å². The summed E-state index contributed by atoms with van der Waals surface area (Å²) in [4.78, 5) is 20.1. The second kappa shape index (κ2) is 8.33. The summed E-state index contributed by atoms with van der Waals surface area (Å²) in [7, 11) is 0. The van der Waals surface area contributed by atoms with Crippen LogP contribution in [-0.4, -0.2) is 39.2 Å². The van der Waals surface area contributed by atoms with Crippen LogP contribution >= 0.6 is 24.8 Å². The number of H-pyrrole nitrogens is 2. The first-order valence-electron chi connectivity index (χ1n) is 7.80. The molecule has 0 bridgehead atoms. The lowest BCUT2D eigenvalue weighted by atomic mass is 10.1. The lowest BCUT2D eigenvalue weighted by Crippen LogP contribution is -2.29. The Morgan fingerprint density at radius 3 is 2.92 bits per heavy atom. The largest absolute Gasteiger partial charge is 0.350 e. The minimum absolute atomic E-state index is 0. The van der Waals surface area contributed by atoms with Crippen LogP contribution in [-0.2, 0) is 19.4 Å². The van der Waals surface area contributed by atoms with Crippen LogP contribution in [0, 0.1) is 0 Å². The molecule has 1 aromatic carbocycles. The number of nitrogens with one attached hydrogen (secondary N) is 4. The van der Waals surface area contributed by atoms with Gasteiger partial charge in [0, 0.05) is 43.7 Å². The van der Waals surface area contributed by atoms with E-state index in [4.69, 9.17) is 0 Å². The molecule has 0 fully saturated rings. The summed E-state index contributed by atoms with van der Waals surface area (Å²) in [5.41, 5.74) is 4.50. The van der Waals surface area contributed by atoms with E-state index < -0.39 is 0 Å². The average molecular weight is 383 g/mol. The number of para-hydroxylation sites is 2. The van der Waals surface area contributed by atoms with Gasteiger partial charge in [0.15, 0.2) is 5.69 Å². The number of benzene rings is 1. The van der Waals surface area contributed by atoms with E-state index in [9.17, 15) is 4.79 Å². The molecule has 0 saturated heterocycles. The molecule has 4 rings (SSSR count). The fourth-order valence-electron chi connectivity index (χ4n) is 2.92. The third kappa shape index (κ3) is 3.95. The van der Waals surface area contributed by atoms with E-state index in [0.717, 1.165) is 41.1 Å². The number of aromatic amines is 2. The molecule has 0 unspecified atom stereocenters. The average Bonchev–Trinajstić information content (AvgIpc) is 3.18. The molecule has 9 heteroatoms. The number of halogens is 2. The Kier molecular flexibility index (Phi) is 6.41. The Bertz CT molecular complexity index is 826. The number of carbonyl (C=O) groups excluding carboxylic acids is 1. The SMILES string of the molecule is Cl.Cl.O=C(NCCc1nc2ccccc2[nH]1)c1n[nH]c2c1CNCC2. The monoisotopic (exact) mass is 382 g/mol. The smallest absolute Gasteiger partial charge is 0.272 e. The van der Waals surface area contributed by atoms with Crippen LogP contribution in [0.2, 0.25) is 0 Å². The van der Waals surface area contributed by atoms with Crippen molar-refractivity contribution in [2.75, 3.05) is 13.1 Å². The normalized spacial score (nSPS) is 12.8. The van der Waals surface area contributed by atoms with Gasteiger partial charge in [0.1, 0.15) is 5.82 Å². The topological polar surface area (TPSA) is 98.5 Å². The highest BCUT2D eigenvalue weighted by Crippen LogP contribution is 2.15. The lowest BCUT2D eigenvalue weighted by Gasteiger charge is -2.12. The molecule has 0 saturated carbocycles. The highest BCUT2D eigenvalue weighted by Gasteiger charge is 2.21. The predicted octanol–water partition coefficient (Wildman–Crippen LogP) is 1.75. The van der Waals surface area contributed by atoms with Crippen LogP contribution in [0.4, 0.5) is 0 Å². The molecule has 4 N–H and O–H groups in total. The van der Waals surface area contributed by atoms with Crippen LogP contribution in [0.15, 0.2) is 24.3 Å². The maximum absolute atomic E-state index is 12.3. The van der Waals surface area contributed by atoms with E-state index in [2.05, 4.69) is 30.8 Å². The van der Waals surface area contributed by atoms with Gasteiger partial charge in [-0.15, -0.1) is 24.8 Å². The molecule has 0 aliphatic carbocycles. The summed E-state index contributed by atoms with van der Waals surface area (Å²) in [6.07, 6.45) is 1.54. The van der Waals surface area contributed by atoms with Crippen molar-refractivity contribution in [2.45, 2.75) is 19.4 Å². The molecule has 0 radical (unpaired) electrons. The van der Waals surface area contributed by atoms with Crippen molar-refractivity contribution in [3.8, 4) is 0 Å². The molecule has 1 aliphatic rings. The molecule has 0 spiro atoms. The number of nitrogens with zero attached hydrogens (tertiary/aromatic N) is 2. The molecule has 1 aliphatic heterocycles. The van der Waals surface area contributed by atoms with Crippen molar-refractivity contribution >= 4 is 41.8 Å². The van der Waals surface area contributed by atoms with Gasteiger partial charge in [0.2, 0.25) is 0 Å². The third-order valence-electron chi connectivity index (χ3n) is 4.11. The predicted molar refractivity (Wildman–Crippen MR) is 101 cm³/mol. The molecule has 7 nitrogen and oxygen atoms in total. The first-order valence-corrected chi connectivity index (χ1v) is 7.80. The summed E-state index contributed by atoms with van der Waals surface area (Å²) < 4.78 is 0. The molecular formula is C16H20Cl2N6O. The molecule has 25 heavy (non-hydrogen) atoms. The van der Waals surface area contributed by atoms with Crippen molar-refractivity contribution in [2.24, 2.45) is 0 Å². The highest BCUT2D eigenvalue weighted by atomic mass is 35.5. The highest BCUT2D eigenvalue weighted by molar-refractivity contribution is 5.94. The van der Waals surface area contributed by atoms with Crippen LogP contribution in [0.3, 0.4) is 0 Å².